The molecule has 3 rings (SSSR count). The van der Waals surface area contributed by atoms with Crippen molar-refractivity contribution >= 4 is 36.4 Å². The number of nitrogens with zero attached hydrogens (tertiary/aromatic N) is 1. The van der Waals surface area contributed by atoms with E-state index in [0.717, 1.165) is 37.3 Å². The minimum Gasteiger partial charge on any atom is -0.495 e. The largest absolute Gasteiger partial charge is 0.573 e. The number of ether oxygens (including phenoxy) is 2. The van der Waals surface area contributed by atoms with Crippen LogP contribution >= 0.6 is 36.4 Å². The Morgan fingerprint density at radius 1 is 1.00 bits per heavy atom. The molecule has 1 atom stereocenters. The second kappa shape index (κ2) is 11.1. The van der Waals surface area contributed by atoms with Crippen molar-refractivity contribution < 1.29 is 22.6 Å². The summed E-state index contributed by atoms with van der Waals surface area (Å²) in [7, 11) is 1.55. The van der Waals surface area contributed by atoms with Gasteiger partial charge in [-0.05, 0) is 35.4 Å². The van der Waals surface area contributed by atoms with Gasteiger partial charge in [0.2, 0.25) is 0 Å². The van der Waals surface area contributed by atoms with E-state index in [1.54, 1.807) is 25.3 Å². The van der Waals surface area contributed by atoms with Crippen LogP contribution in [0.25, 0.3) is 0 Å². The van der Waals surface area contributed by atoms with Gasteiger partial charge in [0, 0.05) is 26.2 Å². The molecule has 1 heterocycles. The van der Waals surface area contributed by atoms with Crippen molar-refractivity contribution in [2.75, 3.05) is 33.3 Å². The number of hydrogen-bond donors (Lipinski definition) is 1. The monoisotopic (exact) mass is 472 g/mol. The third kappa shape index (κ3) is 6.83. The van der Waals surface area contributed by atoms with Gasteiger partial charge in [0.05, 0.1) is 18.2 Å². The standard InChI is InChI=1S/C19H20ClF3N2O2.2ClH/c1-26-17-12-14(4-7-16(17)20)18(25-10-8-24-9-11-25)13-2-5-15(6-3-13)27-19(21,22)23;;/h2-7,12,18,24H,8-11H2,1H3;2*1H/t18-;;/m0../s1. The van der Waals surface area contributed by atoms with E-state index >= 15 is 0 Å². The Balaban J connectivity index is 0.00000210. The summed E-state index contributed by atoms with van der Waals surface area (Å²) in [5.41, 5.74) is 1.83. The maximum absolute atomic E-state index is 12.4. The van der Waals surface area contributed by atoms with Crippen molar-refractivity contribution in [3.8, 4) is 11.5 Å². The Morgan fingerprint density at radius 2 is 1.59 bits per heavy atom. The fourth-order valence-electron chi connectivity index (χ4n) is 3.25. The predicted molar refractivity (Wildman–Crippen MR) is 112 cm³/mol. The molecule has 1 aliphatic heterocycles. The molecule has 4 nitrogen and oxygen atoms in total. The summed E-state index contributed by atoms with van der Waals surface area (Å²) < 4.78 is 46.5. The molecule has 2 aromatic carbocycles. The smallest absolute Gasteiger partial charge is 0.495 e. The highest BCUT2D eigenvalue weighted by Gasteiger charge is 2.31. The van der Waals surface area contributed by atoms with Crippen LogP contribution in [0.3, 0.4) is 0 Å². The first-order chi connectivity index (χ1) is 12.9. The average Bonchev–Trinajstić information content (AvgIpc) is 2.64. The summed E-state index contributed by atoms with van der Waals surface area (Å²) in [5.74, 6) is 0.324. The van der Waals surface area contributed by atoms with Gasteiger partial charge in [-0.15, -0.1) is 38.0 Å². The molecule has 0 amide bonds. The third-order valence-electron chi connectivity index (χ3n) is 4.44. The average molecular weight is 474 g/mol. The van der Waals surface area contributed by atoms with E-state index in [1.165, 1.54) is 12.1 Å². The van der Waals surface area contributed by atoms with Crippen molar-refractivity contribution in [1.82, 2.24) is 10.2 Å². The number of alkyl halides is 3. The van der Waals surface area contributed by atoms with Gasteiger partial charge in [-0.2, -0.15) is 0 Å². The highest BCUT2D eigenvalue weighted by Crippen LogP contribution is 2.35. The first kappa shape index (κ1) is 25.7. The molecule has 0 bridgehead atoms. The summed E-state index contributed by atoms with van der Waals surface area (Å²) in [4.78, 5) is 2.28. The Labute approximate surface area is 185 Å². The maximum Gasteiger partial charge on any atom is 0.573 e. The Bertz CT molecular complexity index is 770. The van der Waals surface area contributed by atoms with Gasteiger partial charge in [0.1, 0.15) is 11.5 Å². The lowest BCUT2D eigenvalue weighted by molar-refractivity contribution is -0.274. The molecule has 1 saturated heterocycles. The van der Waals surface area contributed by atoms with E-state index in [0.29, 0.717) is 10.8 Å². The lowest BCUT2D eigenvalue weighted by Crippen LogP contribution is -2.45. The SMILES string of the molecule is COc1cc([C@H](c2ccc(OC(F)(F)F)cc2)N2CCNCC2)ccc1Cl.Cl.Cl. The van der Waals surface area contributed by atoms with Gasteiger partial charge < -0.3 is 14.8 Å². The second-order valence-corrected chi connectivity index (χ2v) is 6.61. The molecule has 29 heavy (non-hydrogen) atoms. The first-order valence-electron chi connectivity index (χ1n) is 8.51. The number of halogens is 6. The van der Waals surface area contributed by atoms with Crippen LogP contribution in [0.2, 0.25) is 5.02 Å². The zero-order valence-corrected chi connectivity index (χ0v) is 17.9. The van der Waals surface area contributed by atoms with Crippen molar-refractivity contribution in [3.63, 3.8) is 0 Å². The molecule has 0 spiro atoms. The summed E-state index contributed by atoms with van der Waals surface area (Å²) in [6.45, 7) is 3.32. The number of piperazine rings is 1. The van der Waals surface area contributed by atoms with Crippen molar-refractivity contribution in [1.29, 1.82) is 0 Å². The molecular weight excluding hydrogens is 452 g/mol. The third-order valence-corrected chi connectivity index (χ3v) is 4.75. The van der Waals surface area contributed by atoms with Crippen molar-refractivity contribution in [3.05, 3.63) is 58.6 Å². The van der Waals surface area contributed by atoms with E-state index in [-0.39, 0.29) is 36.6 Å². The second-order valence-electron chi connectivity index (χ2n) is 6.20. The summed E-state index contributed by atoms with van der Waals surface area (Å²) >= 11 is 6.14. The molecule has 0 aromatic heterocycles. The van der Waals surface area contributed by atoms with Crippen LogP contribution in [0.15, 0.2) is 42.5 Å². The predicted octanol–water partition coefficient (Wildman–Crippen LogP) is 5.09. The van der Waals surface area contributed by atoms with Gasteiger partial charge in [-0.25, -0.2) is 0 Å². The van der Waals surface area contributed by atoms with Gasteiger partial charge in [-0.3, -0.25) is 4.90 Å². The molecule has 1 N–H and O–H groups in total. The lowest BCUT2D eigenvalue weighted by Gasteiger charge is -2.35. The first-order valence-corrected chi connectivity index (χ1v) is 8.89. The minimum absolute atomic E-state index is 0. The summed E-state index contributed by atoms with van der Waals surface area (Å²) in [5, 5.41) is 3.82. The van der Waals surface area contributed by atoms with Crippen LogP contribution in [0.4, 0.5) is 13.2 Å². The molecule has 1 aliphatic rings. The molecule has 162 valence electrons. The molecule has 0 unspecified atom stereocenters. The highest BCUT2D eigenvalue weighted by molar-refractivity contribution is 6.32. The number of nitrogens with one attached hydrogen (secondary N) is 1. The zero-order valence-electron chi connectivity index (χ0n) is 15.5. The molecule has 2 aromatic rings. The zero-order chi connectivity index (χ0) is 19.4. The highest BCUT2D eigenvalue weighted by atomic mass is 35.5. The molecule has 1 fully saturated rings. The lowest BCUT2D eigenvalue weighted by atomic mass is 9.96. The molecular formula is C19H22Cl3F3N2O2. The minimum atomic E-state index is -4.71. The van der Waals surface area contributed by atoms with Crippen molar-refractivity contribution in [2.24, 2.45) is 0 Å². The molecule has 0 aliphatic carbocycles. The number of rotatable bonds is 5. The van der Waals surface area contributed by atoms with Crippen LogP contribution in [-0.2, 0) is 0 Å². The Kier molecular flexibility index (Phi) is 9.85. The maximum atomic E-state index is 12.4. The van der Waals surface area contributed by atoms with E-state index in [1.807, 2.05) is 12.1 Å². The van der Waals surface area contributed by atoms with Gasteiger partial charge in [0.15, 0.2) is 0 Å². The van der Waals surface area contributed by atoms with Crippen LogP contribution in [0.5, 0.6) is 11.5 Å². The summed E-state index contributed by atoms with van der Waals surface area (Å²) in [6, 6.07) is 11.4. The van der Waals surface area contributed by atoms with Gasteiger partial charge >= 0.3 is 6.36 Å². The number of hydrogen-bond acceptors (Lipinski definition) is 4. The summed E-state index contributed by atoms with van der Waals surface area (Å²) in [6.07, 6.45) is -4.71. The van der Waals surface area contributed by atoms with Crippen LogP contribution < -0.4 is 14.8 Å². The quantitative estimate of drug-likeness (QED) is 0.656. The van der Waals surface area contributed by atoms with Crippen molar-refractivity contribution in [2.45, 2.75) is 12.4 Å². The van der Waals surface area contributed by atoms with Gasteiger partial charge in [0.25, 0.3) is 0 Å². The van der Waals surface area contributed by atoms with E-state index in [2.05, 4.69) is 15.0 Å². The number of methoxy groups -OCH3 is 1. The Morgan fingerprint density at radius 3 is 2.14 bits per heavy atom. The van der Waals surface area contributed by atoms with E-state index < -0.39 is 6.36 Å². The van der Waals surface area contributed by atoms with E-state index in [4.69, 9.17) is 16.3 Å². The molecule has 0 radical (unpaired) electrons. The fourth-order valence-corrected chi connectivity index (χ4v) is 3.45. The van der Waals surface area contributed by atoms with Crippen LogP contribution in [0, 0.1) is 0 Å². The Hall–Kier alpha value is -1.38. The van der Waals surface area contributed by atoms with Crippen LogP contribution in [0.1, 0.15) is 17.2 Å². The molecule has 10 heteroatoms. The fraction of sp³-hybridized carbons (Fsp3) is 0.368. The van der Waals surface area contributed by atoms with Gasteiger partial charge in [-0.1, -0.05) is 29.8 Å². The van der Waals surface area contributed by atoms with E-state index in [9.17, 15) is 13.2 Å². The number of benzene rings is 2. The molecule has 0 saturated carbocycles. The normalized spacial score (nSPS) is 15.6. The van der Waals surface area contributed by atoms with Crippen LogP contribution in [-0.4, -0.2) is 44.6 Å². The topological polar surface area (TPSA) is 33.7 Å².